The van der Waals surface area contributed by atoms with Crippen molar-refractivity contribution in [1.82, 2.24) is 10.6 Å². The third-order valence-electron chi connectivity index (χ3n) is 3.85. The molecule has 0 bridgehead atoms. The molecule has 3 N–H and O–H groups in total. The van der Waals surface area contributed by atoms with Crippen LogP contribution < -0.4 is 10.6 Å². The minimum Gasteiger partial charge on any atom is -0.507 e. The predicted octanol–water partition coefficient (Wildman–Crippen LogP) is 4.56. The van der Waals surface area contributed by atoms with Crippen molar-refractivity contribution in [2.45, 2.75) is 33.3 Å². The summed E-state index contributed by atoms with van der Waals surface area (Å²) in [7, 11) is 0. The molecule has 0 atom stereocenters. The molecule has 11 heteroatoms. The maximum Gasteiger partial charge on any atom is 0.437 e. The van der Waals surface area contributed by atoms with Crippen molar-refractivity contribution in [3.05, 3.63) is 58.2 Å². The molecular weight excluding hydrogens is 455 g/mol. The van der Waals surface area contributed by atoms with Crippen molar-refractivity contribution in [2.75, 3.05) is 0 Å². The number of phenolic OH excluding ortho intramolecular Hbond substituents is 1. The van der Waals surface area contributed by atoms with E-state index in [2.05, 4.69) is 20.5 Å². The van der Waals surface area contributed by atoms with Crippen LogP contribution in [0.1, 0.15) is 38.1 Å². The van der Waals surface area contributed by atoms with E-state index >= 15 is 0 Å². The minimum absolute atomic E-state index is 0.0196. The number of carbonyl (C=O) groups is 3. The highest BCUT2D eigenvalue weighted by molar-refractivity contribution is 6.34. The second-order valence-electron chi connectivity index (χ2n) is 7.64. The van der Waals surface area contributed by atoms with Crippen molar-refractivity contribution in [1.29, 1.82) is 0 Å². The second-order valence-corrected chi connectivity index (χ2v) is 8.02. The van der Waals surface area contributed by atoms with Gasteiger partial charge in [0.1, 0.15) is 17.2 Å². The summed E-state index contributed by atoms with van der Waals surface area (Å²) in [5, 5.41) is 14.4. The Morgan fingerprint density at radius 2 is 1.85 bits per heavy atom. The number of benzene rings is 2. The molecule has 0 aliphatic carbocycles. The third kappa shape index (κ3) is 6.51. The Labute approximate surface area is 194 Å². The average Bonchev–Trinajstić information content (AvgIpc) is 2.67. The Morgan fingerprint density at radius 1 is 1.18 bits per heavy atom. The second kappa shape index (κ2) is 10.1. The molecule has 2 aromatic rings. The number of carbonyl (C=O) groups excluding carboxylic acids is 3. The molecule has 0 fully saturated rings. The van der Waals surface area contributed by atoms with Gasteiger partial charge in [-0.25, -0.2) is 14.0 Å². The summed E-state index contributed by atoms with van der Waals surface area (Å²) in [6.45, 7) is 13.3. The fraction of sp³-hybridized carbons (Fsp3) is 0.227. The summed E-state index contributed by atoms with van der Waals surface area (Å²) in [5.74, 6) is -3.65. The van der Waals surface area contributed by atoms with E-state index in [-0.39, 0.29) is 21.8 Å². The number of amides is 3. The minimum atomic E-state index is -1.10. The smallest absolute Gasteiger partial charge is 0.437 e. The number of hydrogen-bond acceptors (Lipinski definition) is 5. The van der Waals surface area contributed by atoms with Crippen LogP contribution in [0.2, 0.25) is 5.02 Å². The first-order valence-corrected chi connectivity index (χ1v) is 9.80. The van der Waals surface area contributed by atoms with Gasteiger partial charge in [-0.1, -0.05) is 29.8 Å². The van der Waals surface area contributed by atoms with Gasteiger partial charge in [0.15, 0.2) is 5.69 Å². The molecule has 0 aliphatic rings. The van der Waals surface area contributed by atoms with E-state index in [1.54, 1.807) is 20.8 Å². The summed E-state index contributed by atoms with van der Waals surface area (Å²) < 4.78 is 19.1. The summed E-state index contributed by atoms with van der Waals surface area (Å²) >= 11 is 6.06. The molecule has 2 aromatic carbocycles. The lowest BCUT2D eigenvalue weighted by Gasteiger charge is -2.18. The van der Waals surface area contributed by atoms with E-state index in [4.69, 9.17) is 22.9 Å². The number of aliphatic imine (C=N–C) groups is 1. The van der Waals surface area contributed by atoms with Gasteiger partial charge in [0, 0.05) is 12.5 Å². The first kappa shape index (κ1) is 25.3. The van der Waals surface area contributed by atoms with Crippen LogP contribution in [0.4, 0.5) is 14.9 Å². The molecule has 0 unspecified atom stereocenters. The number of halogens is 2. The molecule has 33 heavy (non-hydrogen) atoms. The molecule has 0 spiro atoms. The number of rotatable bonds is 2. The van der Waals surface area contributed by atoms with Gasteiger partial charge >= 0.3 is 6.09 Å². The molecule has 0 radical (unpaired) electrons. The van der Waals surface area contributed by atoms with Crippen LogP contribution >= 0.6 is 11.6 Å². The summed E-state index contributed by atoms with van der Waals surface area (Å²) in [4.78, 5) is 43.5. The first-order valence-electron chi connectivity index (χ1n) is 9.42. The zero-order valence-electron chi connectivity index (χ0n) is 18.1. The largest absolute Gasteiger partial charge is 0.507 e. The fourth-order valence-corrected chi connectivity index (χ4v) is 2.89. The summed E-state index contributed by atoms with van der Waals surface area (Å²) in [6, 6.07) is 6.12. The van der Waals surface area contributed by atoms with Gasteiger partial charge in [0.25, 0.3) is 5.91 Å². The Hall–Kier alpha value is -3.97. The van der Waals surface area contributed by atoms with Crippen molar-refractivity contribution in [3.8, 4) is 16.9 Å². The number of aromatic hydroxyl groups is 1. The van der Waals surface area contributed by atoms with E-state index in [1.165, 1.54) is 18.2 Å². The van der Waals surface area contributed by atoms with Crippen LogP contribution in [-0.4, -0.2) is 34.6 Å². The highest BCUT2D eigenvalue weighted by atomic mass is 35.5. The number of phenols is 1. The molecular formula is C22H20ClFN4O5. The standard InChI is InChI=1S/C22H20ClFN4O5/c1-11(29)26-20(28-21(32)33-22(2,3)4)27-19(31)17-15(30)10-9-14(25-5)16(17)12-7-6-8-13(24)18(12)23/h6-10,30H,1-4H3,(H2,26,27,28,29,31,32). The SMILES string of the molecule is [C-]#[N+]c1ccc(O)c(C(=O)N/C(=N\C(=O)OC(C)(C)C)NC(C)=O)c1-c1cccc(F)c1Cl. The van der Waals surface area contributed by atoms with Crippen molar-refractivity contribution in [3.63, 3.8) is 0 Å². The van der Waals surface area contributed by atoms with Gasteiger partial charge in [-0.05, 0) is 38.5 Å². The molecule has 2 rings (SSSR count). The molecule has 0 saturated carbocycles. The molecule has 0 aliphatic heterocycles. The lowest BCUT2D eigenvalue weighted by molar-refractivity contribution is -0.117. The van der Waals surface area contributed by atoms with E-state index < -0.39 is 46.6 Å². The maximum absolute atomic E-state index is 14.1. The Bertz CT molecular complexity index is 1200. The van der Waals surface area contributed by atoms with E-state index in [1.807, 2.05) is 0 Å². The van der Waals surface area contributed by atoms with Crippen LogP contribution in [0, 0.1) is 12.4 Å². The van der Waals surface area contributed by atoms with Gasteiger partial charge in [0.2, 0.25) is 11.9 Å². The van der Waals surface area contributed by atoms with Gasteiger partial charge in [0.05, 0.1) is 17.2 Å². The van der Waals surface area contributed by atoms with E-state index in [0.717, 1.165) is 19.1 Å². The number of nitrogens with one attached hydrogen (secondary N) is 2. The quantitative estimate of drug-likeness (QED) is 0.334. The maximum atomic E-state index is 14.1. The zero-order valence-corrected chi connectivity index (χ0v) is 18.9. The number of ether oxygens (including phenoxy) is 1. The lowest BCUT2D eigenvalue weighted by atomic mass is 9.96. The average molecular weight is 475 g/mol. The van der Waals surface area contributed by atoms with Crippen LogP contribution in [0.5, 0.6) is 5.75 Å². The fourth-order valence-electron chi connectivity index (χ4n) is 2.67. The van der Waals surface area contributed by atoms with Gasteiger partial charge < -0.3 is 9.84 Å². The Balaban J connectivity index is 2.60. The van der Waals surface area contributed by atoms with Crippen LogP contribution in [0.25, 0.3) is 16.0 Å². The monoisotopic (exact) mass is 474 g/mol. The summed E-state index contributed by atoms with van der Waals surface area (Å²) in [5.41, 5.74) is -1.61. The van der Waals surface area contributed by atoms with E-state index in [0.29, 0.717) is 0 Å². The molecule has 0 heterocycles. The van der Waals surface area contributed by atoms with Crippen LogP contribution in [0.3, 0.4) is 0 Å². The molecule has 9 nitrogen and oxygen atoms in total. The zero-order chi connectivity index (χ0) is 24.9. The van der Waals surface area contributed by atoms with Crippen molar-refractivity contribution in [2.24, 2.45) is 4.99 Å². The normalized spacial score (nSPS) is 11.4. The van der Waals surface area contributed by atoms with Crippen LogP contribution in [-0.2, 0) is 9.53 Å². The topological polar surface area (TPSA) is 121 Å². The van der Waals surface area contributed by atoms with Gasteiger partial charge in [-0.2, -0.15) is 0 Å². The Morgan fingerprint density at radius 3 is 2.42 bits per heavy atom. The highest BCUT2D eigenvalue weighted by Crippen LogP contribution is 2.42. The van der Waals surface area contributed by atoms with Crippen molar-refractivity contribution >= 4 is 41.2 Å². The van der Waals surface area contributed by atoms with E-state index in [9.17, 15) is 23.9 Å². The van der Waals surface area contributed by atoms with Gasteiger partial charge in [-0.3, -0.25) is 20.2 Å². The van der Waals surface area contributed by atoms with Crippen molar-refractivity contribution < 1.29 is 28.6 Å². The lowest BCUT2D eigenvalue weighted by Crippen LogP contribution is -2.44. The highest BCUT2D eigenvalue weighted by Gasteiger charge is 2.25. The third-order valence-corrected chi connectivity index (χ3v) is 4.24. The number of hydrogen-bond donors (Lipinski definition) is 3. The summed E-state index contributed by atoms with van der Waals surface area (Å²) in [6.07, 6.45) is -1.10. The predicted molar refractivity (Wildman–Crippen MR) is 120 cm³/mol. The molecule has 3 amide bonds. The number of nitrogens with zero attached hydrogens (tertiary/aromatic N) is 2. The Kier molecular flexibility index (Phi) is 7.74. The first-order chi connectivity index (χ1) is 15.3. The number of guanidine groups is 1. The van der Waals surface area contributed by atoms with Gasteiger partial charge in [-0.15, -0.1) is 4.99 Å². The molecule has 172 valence electrons. The molecule has 0 saturated heterocycles. The molecule has 0 aromatic heterocycles. The van der Waals surface area contributed by atoms with Crippen LogP contribution in [0.15, 0.2) is 35.3 Å².